The molecule has 0 radical (unpaired) electrons. The van der Waals surface area contributed by atoms with Crippen LogP contribution in [0, 0.1) is 0 Å². The first-order valence-electron chi connectivity index (χ1n) is 10.7. The zero-order valence-corrected chi connectivity index (χ0v) is 17.9. The molecule has 0 aliphatic carbocycles. The van der Waals surface area contributed by atoms with Gasteiger partial charge in [0.2, 0.25) is 0 Å². The molecule has 0 fully saturated rings. The summed E-state index contributed by atoms with van der Waals surface area (Å²) < 4.78 is 5.89. The monoisotopic (exact) mass is 384 g/mol. The van der Waals surface area contributed by atoms with Crippen molar-refractivity contribution in [3.8, 4) is 5.75 Å². The van der Waals surface area contributed by atoms with Gasteiger partial charge >= 0.3 is 161 Å². The number of unbranched alkanes of at least 4 members (excludes halogenated alkanes) is 10. The molecule has 0 aromatic heterocycles. The third-order valence-corrected chi connectivity index (χ3v) is 8.04. The van der Waals surface area contributed by atoms with Crippen molar-refractivity contribution >= 4 is 7.28 Å². The van der Waals surface area contributed by atoms with Crippen LogP contribution in [0.25, 0.3) is 0 Å². The van der Waals surface area contributed by atoms with Gasteiger partial charge in [-0.1, -0.05) is 0 Å². The van der Waals surface area contributed by atoms with Crippen LogP contribution in [-0.2, 0) is 0 Å². The zero-order chi connectivity index (χ0) is 19.2. The molecule has 2 N–H and O–H groups in total. The Kier molecular flexibility index (Phi) is 11.4. The summed E-state index contributed by atoms with van der Waals surface area (Å²) in [5.41, 5.74) is 0. The SMILES string of the molecule is CCCCCCCCP(O)(O)(CCCCCCCC)Oc1ccccc1. The van der Waals surface area contributed by atoms with Crippen LogP contribution in [0.5, 0.6) is 5.75 Å². The molecule has 0 heterocycles. The molecular formula is C22H41O3P. The zero-order valence-electron chi connectivity index (χ0n) is 17.0. The fourth-order valence-electron chi connectivity index (χ4n) is 3.35. The van der Waals surface area contributed by atoms with E-state index in [0.29, 0.717) is 18.1 Å². The van der Waals surface area contributed by atoms with Crippen LogP contribution < -0.4 is 4.52 Å². The van der Waals surface area contributed by atoms with Crippen molar-refractivity contribution in [1.82, 2.24) is 0 Å². The summed E-state index contributed by atoms with van der Waals surface area (Å²) in [4.78, 5) is 22.4. The molecule has 0 saturated heterocycles. The van der Waals surface area contributed by atoms with E-state index in [1.807, 2.05) is 30.3 Å². The first kappa shape index (κ1) is 23.4. The topological polar surface area (TPSA) is 49.7 Å². The van der Waals surface area contributed by atoms with Gasteiger partial charge in [-0.3, -0.25) is 0 Å². The van der Waals surface area contributed by atoms with Crippen molar-refractivity contribution in [2.24, 2.45) is 0 Å². The van der Waals surface area contributed by atoms with Crippen molar-refractivity contribution in [1.29, 1.82) is 0 Å². The minimum atomic E-state index is -4.11. The predicted octanol–water partition coefficient (Wildman–Crippen LogP) is 7.07. The van der Waals surface area contributed by atoms with Gasteiger partial charge in [0.1, 0.15) is 0 Å². The average molecular weight is 385 g/mol. The molecule has 4 heteroatoms. The number of hydrogen-bond acceptors (Lipinski definition) is 3. The predicted molar refractivity (Wildman–Crippen MR) is 115 cm³/mol. The second kappa shape index (κ2) is 12.7. The first-order valence-corrected chi connectivity index (χ1v) is 13.2. The van der Waals surface area contributed by atoms with E-state index in [-0.39, 0.29) is 0 Å². The van der Waals surface area contributed by atoms with Gasteiger partial charge in [0, 0.05) is 0 Å². The van der Waals surface area contributed by atoms with E-state index in [1.165, 1.54) is 51.4 Å². The van der Waals surface area contributed by atoms with Crippen LogP contribution in [0.4, 0.5) is 0 Å². The van der Waals surface area contributed by atoms with Crippen LogP contribution in [0.3, 0.4) is 0 Å². The normalized spacial score (nSPS) is 13.3. The van der Waals surface area contributed by atoms with E-state index < -0.39 is 7.28 Å². The Morgan fingerprint density at radius 2 is 1.08 bits per heavy atom. The van der Waals surface area contributed by atoms with Crippen LogP contribution in [0.15, 0.2) is 30.3 Å². The molecule has 0 spiro atoms. The summed E-state index contributed by atoms with van der Waals surface area (Å²) in [6, 6.07) is 9.30. The van der Waals surface area contributed by atoms with Gasteiger partial charge in [-0.05, 0) is 0 Å². The van der Waals surface area contributed by atoms with Crippen molar-refractivity contribution in [2.75, 3.05) is 12.3 Å². The molecular weight excluding hydrogens is 343 g/mol. The molecule has 26 heavy (non-hydrogen) atoms. The van der Waals surface area contributed by atoms with Crippen molar-refractivity contribution in [3.05, 3.63) is 30.3 Å². The molecule has 3 nitrogen and oxygen atoms in total. The standard InChI is InChI=1S/C22H41O3P/c1-3-5-7-9-11-16-20-26(23,24,21-17-12-10-8-6-4-2)25-22-18-14-13-15-19-22/h13-15,18-19,23-24H,3-12,16-17,20-21H2,1-2H3. The van der Waals surface area contributed by atoms with Crippen molar-refractivity contribution in [2.45, 2.75) is 90.9 Å². The molecule has 1 aromatic carbocycles. The van der Waals surface area contributed by atoms with Gasteiger partial charge in [0.15, 0.2) is 0 Å². The van der Waals surface area contributed by atoms with Crippen molar-refractivity contribution in [3.63, 3.8) is 0 Å². The second-order valence-corrected chi connectivity index (χ2v) is 11.4. The van der Waals surface area contributed by atoms with Crippen LogP contribution >= 0.6 is 7.28 Å². The molecule has 152 valence electrons. The summed E-state index contributed by atoms with van der Waals surface area (Å²) in [5, 5.41) is 0. The van der Waals surface area contributed by atoms with Gasteiger partial charge in [-0.25, -0.2) is 0 Å². The number of para-hydroxylation sites is 1. The molecule has 0 saturated carbocycles. The Balaban J connectivity index is 2.54. The molecule has 0 amide bonds. The molecule has 1 aromatic rings. The summed E-state index contributed by atoms with van der Waals surface area (Å²) >= 11 is 0. The Bertz CT molecular complexity index is 442. The van der Waals surface area contributed by atoms with Crippen LogP contribution in [-0.4, -0.2) is 22.1 Å². The summed E-state index contributed by atoms with van der Waals surface area (Å²) in [6.45, 7) is 4.42. The average Bonchev–Trinajstić information content (AvgIpc) is 2.62. The molecule has 1 rings (SSSR count). The van der Waals surface area contributed by atoms with Gasteiger partial charge in [0.05, 0.1) is 0 Å². The van der Waals surface area contributed by atoms with E-state index in [1.54, 1.807) is 0 Å². The molecule has 0 aliphatic rings. The molecule has 0 bridgehead atoms. The summed E-state index contributed by atoms with van der Waals surface area (Å²) in [6.07, 6.45) is 14.3. The summed E-state index contributed by atoms with van der Waals surface area (Å²) in [7, 11) is -4.11. The quantitative estimate of drug-likeness (QED) is 0.237. The van der Waals surface area contributed by atoms with Crippen molar-refractivity contribution < 1.29 is 14.3 Å². The van der Waals surface area contributed by atoms with E-state index in [0.717, 1.165) is 25.7 Å². The van der Waals surface area contributed by atoms with Crippen LogP contribution in [0.2, 0.25) is 0 Å². The third-order valence-electron chi connectivity index (χ3n) is 4.98. The van der Waals surface area contributed by atoms with Gasteiger partial charge in [-0.2, -0.15) is 0 Å². The Morgan fingerprint density at radius 1 is 0.654 bits per heavy atom. The Labute approximate surface area is 161 Å². The number of rotatable bonds is 16. The van der Waals surface area contributed by atoms with E-state index in [4.69, 9.17) is 4.52 Å². The number of benzene rings is 1. The maximum atomic E-state index is 11.2. The Morgan fingerprint density at radius 3 is 1.54 bits per heavy atom. The third kappa shape index (κ3) is 10.5. The Hall–Kier alpha value is -0.630. The van der Waals surface area contributed by atoms with Gasteiger partial charge in [0.25, 0.3) is 0 Å². The second-order valence-electron chi connectivity index (χ2n) is 7.69. The van der Waals surface area contributed by atoms with Gasteiger partial charge < -0.3 is 0 Å². The minimum absolute atomic E-state index is 0.390. The summed E-state index contributed by atoms with van der Waals surface area (Å²) in [5.74, 6) is 0.576. The van der Waals surface area contributed by atoms with E-state index in [9.17, 15) is 9.79 Å². The fraction of sp³-hybridized carbons (Fsp3) is 0.727. The molecule has 0 unspecified atom stereocenters. The first-order chi connectivity index (χ1) is 12.5. The van der Waals surface area contributed by atoms with Gasteiger partial charge in [-0.15, -0.1) is 0 Å². The van der Waals surface area contributed by atoms with Crippen LogP contribution in [0.1, 0.15) is 90.9 Å². The van der Waals surface area contributed by atoms with E-state index in [2.05, 4.69) is 13.8 Å². The van der Waals surface area contributed by atoms with E-state index >= 15 is 0 Å². The molecule has 0 aliphatic heterocycles. The maximum absolute atomic E-state index is 11.2. The molecule has 0 atom stereocenters. The fourth-order valence-corrected chi connectivity index (χ4v) is 6.08. The number of hydrogen-bond donors (Lipinski definition) is 2.